The van der Waals surface area contributed by atoms with Crippen LogP contribution in [-0.4, -0.2) is 23.5 Å². The number of aromatic amines is 1. The van der Waals surface area contributed by atoms with Crippen molar-refractivity contribution in [3.05, 3.63) is 35.0 Å². The Morgan fingerprint density at radius 2 is 2.20 bits per heavy atom. The van der Waals surface area contributed by atoms with Crippen molar-refractivity contribution in [1.82, 2.24) is 10.3 Å². The highest BCUT2D eigenvalue weighted by Crippen LogP contribution is 2.32. The first-order valence-corrected chi connectivity index (χ1v) is 7.20. The van der Waals surface area contributed by atoms with E-state index >= 15 is 0 Å². The molecular formula is C16H21N3O. The second-order valence-corrected chi connectivity index (χ2v) is 5.79. The smallest absolute Gasteiger partial charge is 0.251 e. The zero-order chi connectivity index (χ0) is 14.3. The summed E-state index contributed by atoms with van der Waals surface area (Å²) in [5.74, 6) is 0.552. The fraction of sp³-hybridized carbons (Fsp3) is 0.438. The molecule has 1 fully saturated rings. The van der Waals surface area contributed by atoms with Crippen LogP contribution < -0.4 is 11.1 Å². The van der Waals surface area contributed by atoms with Crippen LogP contribution in [0.25, 0.3) is 10.9 Å². The molecule has 0 bridgehead atoms. The largest absolute Gasteiger partial charge is 0.358 e. The molecule has 1 amide bonds. The van der Waals surface area contributed by atoms with Crippen LogP contribution in [0.2, 0.25) is 0 Å². The standard InChI is InChI=1S/C16H21N3O/c1-9-10(2)18-14-6-5-12(7-13(9)14)16(20)19-15(8-17)11-3-4-11/h5-7,11,15,18H,3-4,8,17H2,1-2H3,(H,19,20). The summed E-state index contributed by atoms with van der Waals surface area (Å²) in [4.78, 5) is 15.7. The third-order valence-electron chi connectivity index (χ3n) is 4.33. The molecule has 1 aliphatic rings. The van der Waals surface area contributed by atoms with Crippen molar-refractivity contribution in [2.75, 3.05) is 6.54 Å². The van der Waals surface area contributed by atoms with E-state index in [1.807, 2.05) is 25.1 Å². The molecule has 1 heterocycles. The summed E-state index contributed by atoms with van der Waals surface area (Å²) in [6, 6.07) is 5.92. The summed E-state index contributed by atoms with van der Waals surface area (Å²) in [6.45, 7) is 4.64. The van der Waals surface area contributed by atoms with Gasteiger partial charge in [0.2, 0.25) is 0 Å². The monoisotopic (exact) mass is 271 g/mol. The minimum absolute atomic E-state index is 0.0208. The van der Waals surface area contributed by atoms with E-state index in [1.54, 1.807) is 0 Å². The first kappa shape index (κ1) is 13.2. The van der Waals surface area contributed by atoms with Crippen molar-refractivity contribution in [3.8, 4) is 0 Å². The summed E-state index contributed by atoms with van der Waals surface area (Å²) >= 11 is 0. The third-order valence-corrected chi connectivity index (χ3v) is 4.33. The highest BCUT2D eigenvalue weighted by atomic mass is 16.1. The van der Waals surface area contributed by atoms with E-state index in [2.05, 4.69) is 17.2 Å². The maximum absolute atomic E-state index is 12.3. The minimum atomic E-state index is -0.0208. The number of aryl methyl sites for hydroxylation is 2. The third kappa shape index (κ3) is 2.31. The van der Waals surface area contributed by atoms with E-state index < -0.39 is 0 Å². The van der Waals surface area contributed by atoms with Gasteiger partial charge in [-0.2, -0.15) is 0 Å². The Hall–Kier alpha value is -1.81. The van der Waals surface area contributed by atoms with E-state index in [9.17, 15) is 4.79 Å². The van der Waals surface area contributed by atoms with E-state index in [4.69, 9.17) is 5.73 Å². The Labute approximate surface area is 118 Å². The molecule has 106 valence electrons. The van der Waals surface area contributed by atoms with Crippen molar-refractivity contribution in [3.63, 3.8) is 0 Å². The molecule has 0 spiro atoms. The van der Waals surface area contributed by atoms with Gasteiger partial charge >= 0.3 is 0 Å². The molecule has 0 saturated heterocycles. The average Bonchev–Trinajstić information content (AvgIpc) is 3.24. The molecule has 1 unspecified atom stereocenters. The van der Waals surface area contributed by atoms with Gasteiger partial charge in [-0.15, -0.1) is 0 Å². The molecular weight excluding hydrogens is 250 g/mol. The van der Waals surface area contributed by atoms with E-state index in [0.717, 1.165) is 16.6 Å². The number of hydrogen-bond donors (Lipinski definition) is 3. The van der Waals surface area contributed by atoms with Gasteiger partial charge in [0.15, 0.2) is 0 Å². The number of fused-ring (bicyclic) bond motifs is 1. The SMILES string of the molecule is Cc1[nH]c2ccc(C(=O)NC(CN)C3CC3)cc2c1C. The lowest BCUT2D eigenvalue weighted by atomic mass is 10.1. The van der Waals surface area contributed by atoms with Gasteiger partial charge in [-0.1, -0.05) is 0 Å². The Balaban J connectivity index is 1.85. The molecule has 1 saturated carbocycles. The molecule has 4 nitrogen and oxygen atoms in total. The predicted molar refractivity (Wildman–Crippen MR) is 80.8 cm³/mol. The maximum Gasteiger partial charge on any atom is 0.251 e. The van der Waals surface area contributed by atoms with Crippen LogP contribution in [0.5, 0.6) is 0 Å². The fourth-order valence-corrected chi connectivity index (χ4v) is 2.72. The van der Waals surface area contributed by atoms with Crippen LogP contribution in [0.15, 0.2) is 18.2 Å². The first-order valence-electron chi connectivity index (χ1n) is 7.20. The van der Waals surface area contributed by atoms with Gasteiger partial charge in [0.25, 0.3) is 5.91 Å². The van der Waals surface area contributed by atoms with Crippen molar-refractivity contribution in [2.45, 2.75) is 32.7 Å². The predicted octanol–water partition coefficient (Wildman–Crippen LogP) is 2.25. The molecule has 0 radical (unpaired) electrons. The molecule has 1 aliphatic carbocycles. The van der Waals surface area contributed by atoms with Crippen LogP contribution in [-0.2, 0) is 0 Å². The zero-order valence-corrected chi connectivity index (χ0v) is 12.0. The number of nitrogens with two attached hydrogens (primary N) is 1. The lowest BCUT2D eigenvalue weighted by molar-refractivity contribution is 0.0933. The first-order chi connectivity index (χ1) is 9.60. The second kappa shape index (κ2) is 4.94. The fourth-order valence-electron chi connectivity index (χ4n) is 2.72. The summed E-state index contributed by atoms with van der Waals surface area (Å²) in [7, 11) is 0. The van der Waals surface area contributed by atoms with Crippen molar-refractivity contribution in [2.24, 2.45) is 11.7 Å². The van der Waals surface area contributed by atoms with Gasteiger partial charge in [0, 0.05) is 34.7 Å². The lowest BCUT2D eigenvalue weighted by Gasteiger charge is -2.16. The van der Waals surface area contributed by atoms with Crippen molar-refractivity contribution >= 4 is 16.8 Å². The number of carbonyl (C=O) groups excluding carboxylic acids is 1. The molecule has 20 heavy (non-hydrogen) atoms. The lowest BCUT2D eigenvalue weighted by Crippen LogP contribution is -2.41. The van der Waals surface area contributed by atoms with Crippen LogP contribution in [0.1, 0.15) is 34.5 Å². The maximum atomic E-state index is 12.3. The Bertz CT molecular complexity index is 655. The van der Waals surface area contributed by atoms with Crippen molar-refractivity contribution < 1.29 is 4.79 Å². The summed E-state index contributed by atoms with van der Waals surface area (Å²) < 4.78 is 0. The quantitative estimate of drug-likeness (QED) is 0.798. The normalized spacial score (nSPS) is 16.4. The number of amides is 1. The van der Waals surface area contributed by atoms with Crippen LogP contribution in [0.3, 0.4) is 0 Å². The van der Waals surface area contributed by atoms with Crippen LogP contribution >= 0.6 is 0 Å². The van der Waals surface area contributed by atoms with Gasteiger partial charge in [-0.25, -0.2) is 0 Å². The highest BCUT2D eigenvalue weighted by Gasteiger charge is 2.31. The van der Waals surface area contributed by atoms with Crippen LogP contribution in [0.4, 0.5) is 0 Å². The number of carbonyl (C=O) groups is 1. The Morgan fingerprint density at radius 1 is 1.45 bits per heavy atom. The summed E-state index contributed by atoms with van der Waals surface area (Å²) in [6.07, 6.45) is 2.36. The number of nitrogens with one attached hydrogen (secondary N) is 2. The van der Waals surface area contributed by atoms with Gasteiger partial charge in [0.1, 0.15) is 0 Å². The average molecular weight is 271 g/mol. The second-order valence-electron chi connectivity index (χ2n) is 5.79. The summed E-state index contributed by atoms with van der Waals surface area (Å²) in [5.41, 5.74) is 9.87. The molecule has 4 N–H and O–H groups in total. The minimum Gasteiger partial charge on any atom is -0.358 e. The van der Waals surface area contributed by atoms with E-state index in [-0.39, 0.29) is 11.9 Å². The topological polar surface area (TPSA) is 70.9 Å². The van der Waals surface area contributed by atoms with Gasteiger partial charge in [-0.05, 0) is 56.4 Å². The van der Waals surface area contributed by atoms with Crippen LogP contribution in [0, 0.1) is 19.8 Å². The van der Waals surface area contributed by atoms with Crippen molar-refractivity contribution in [1.29, 1.82) is 0 Å². The number of H-pyrrole nitrogens is 1. The number of rotatable bonds is 4. The molecule has 1 aromatic carbocycles. The van der Waals surface area contributed by atoms with E-state index in [0.29, 0.717) is 18.0 Å². The number of benzene rings is 1. The number of hydrogen-bond acceptors (Lipinski definition) is 2. The molecule has 1 atom stereocenters. The van der Waals surface area contributed by atoms with Gasteiger partial charge in [-0.3, -0.25) is 4.79 Å². The van der Waals surface area contributed by atoms with E-state index in [1.165, 1.54) is 18.4 Å². The summed E-state index contributed by atoms with van der Waals surface area (Å²) in [5, 5.41) is 4.18. The number of aromatic nitrogens is 1. The molecule has 2 aromatic rings. The molecule has 0 aliphatic heterocycles. The zero-order valence-electron chi connectivity index (χ0n) is 12.0. The molecule has 1 aromatic heterocycles. The molecule has 3 rings (SSSR count). The Morgan fingerprint density at radius 3 is 2.85 bits per heavy atom. The van der Waals surface area contributed by atoms with Gasteiger partial charge < -0.3 is 16.0 Å². The Kier molecular flexibility index (Phi) is 3.26. The molecule has 4 heteroatoms. The van der Waals surface area contributed by atoms with Gasteiger partial charge in [0.05, 0.1) is 0 Å². The highest BCUT2D eigenvalue weighted by molar-refractivity contribution is 5.99.